The molecule has 3 rings (SSSR count). The van der Waals surface area contributed by atoms with Crippen molar-refractivity contribution in [2.24, 2.45) is 4.99 Å². The zero-order valence-electron chi connectivity index (χ0n) is 18.7. The Morgan fingerprint density at radius 1 is 1.19 bits per heavy atom. The molecule has 0 fully saturated rings. The van der Waals surface area contributed by atoms with E-state index < -0.39 is 12.1 Å². The van der Waals surface area contributed by atoms with Crippen molar-refractivity contribution in [3.63, 3.8) is 0 Å². The van der Waals surface area contributed by atoms with E-state index in [0.717, 1.165) is 0 Å². The number of cyclic esters (lactones) is 1. The van der Waals surface area contributed by atoms with E-state index in [2.05, 4.69) is 4.99 Å². The number of hydrogen-bond acceptors (Lipinski definition) is 7. The molecule has 0 spiro atoms. The molecule has 2 aromatic carbocycles. The quantitative estimate of drug-likeness (QED) is 0.464. The van der Waals surface area contributed by atoms with E-state index in [0.29, 0.717) is 35.0 Å². The fourth-order valence-corrected chi connectivity index (χ4v) is 3.03. The Kier molecular flexibility index (Phi) is 7.14. The largest absolute Gasteiger partial charge is 0.497 e. The van der Waals surface area contributed by atoms with Crippen LogP contribution in [0.5, 0.6) is 17.2 Å². The molecule has 1 aliphatic heterocycles. The van der Waals surface area contributed by atoms with Gasteiger partial charge in [0.25, 0.3) is 5.91 Å². The van der Waals surface area contributed by atoms with Gasteiger partial charge in [0.2, 0.25) is 5.90 Å². The number of likely N-dealkylation sites (N-methyl/N-ethyl adjacent to an activating group) is 1. The van der Waals surface area contributed by atoms with Gasteiger partial charge < -0.3 is 23.8 Å². The average molecular weight is 438 g/mol. The summed E-state index contributed by atoms with van der Waals surface area (Å²) in [5, 5.41) is 0. The number of amides is 1. The average Bonchev–Trinajstić information content (AvgIpc) is 3.15. The highest BCUT2D eigenvalue weighted by Gasteiger charge is 2.25. The lowest BCUT2D eigenvalue weighted by atomic mass is 10.1. The summed E-state index contributed by atoms with van der Waals surface area (Å²) in [5.74, 6) is 1.03. The number of rotatable bonds is 8. The van der Waals surface area contributed by atoms with Crippen LogP contribution in [0.1, 0.15) is 25.0 Å². The third-order valence-electron chi connectivity index (χ3n) is 4.60. The van der Waals surface area contributed by atoms with Crippen molar-refractivity contribution >= 4 is 23.9 Å². The van der Waals surface area contributed by atoms with E-state index in [4.69, 9.17) is 18.9 Å². The Labute approximate surface area is 187 Å². The first-order valence-corrected chi connectivity index (χ1v) is 10.1. The molecule has 8 nitrogen and oxygen atoms in total. The highest BCUT2D eigenvalue weighted by atomic mass is 16.6. The Hall–Kier alpha value is -3.81. The lowest BCUT2D eigenvalue weighted by Crippen LogP contribution is -2.35. The van der Waals surface area contributed by atoms with Crippen molar-refractivity contribution in [1.29, 1.82) is 0 Å². The Bertz CT molecular complexity index is 1070. The van der Waals surface area contributed by atoms with Gasteiger partial charge in [-0.2, -0.15) is 0 Å². The maximum Gasteiger partial charge on any atom is 0.363 e. The minimum absolute atomic E-state index is 0.160. The molecule has 8 heteroatoms. The van der Waals surface area contributed by atoms with E-state index in [1.807, 2.05) is 6.92 Å². The SMILES string of the molecule is CCOc1cc(/C=C2\N=C(c3cccc(OC)c3)OC2=O)ccc1O[C@@H](C)C(=O)N(C)C. The zero-order valence-corrected chi connectivity index (χ0v) is 18.7. The molecule has 0 N–H and O–H groups in total. The molecule has 1 atom stereocenters. The first-order chi connectivity index (χ1) is 15.3. The fourth-order valence-electron chi connectivity index (χ4n) is 3.03. The lowest BCUT2D eigenvalue weighted by Gasteiger charge is -2.20. The number of carbonyl (C=O) groups excluding carboxylic acids is 2. The van der Waals surface area contributed by atoms with Gasteiger partial charge in [0, 0.05) is 19.7 Å². The van der Waals surface area contributed by atoms with Crippen LogP contribution in [-0.2, 0) is 14.3 Å². The Morgan fingerprint density at radius 2 is 1.97 bits per heavy atom. The van der Waals surface area contributed by atoms with E-state index in [9.17, 15) is 9.59 Å². The standard InChI is InChI=1S/C24H26N2O6/c1-6-30-21-13-16(10-11-20(21)31-15(2)23(27)26(3)4)12-19-24(28)32-22(25-19)17-8-7-9-18(14-17)29-5/h7-15H,6H2,1-5H3/b19-12-/t15-/m0/s1. The van der Waals surface area contributed by atoms with E-state index in [-0.39, 0.29) is 17.5 Å². The smallest absolute Gasteiger partial charge is 0.363 e. The molecular weight excluding hydrogens is 412 g/mol. The van der Waals surface area contributed by atoms with E-state index in [1.165, 1.54) is 4.90 Å². The number of benzene rings is 2. The Morgan fingerprint density at radius 3 is 2.66 bits per heavy atom. The summed E-state index contributed by atoms with van der Waals surface area (Å²) < 4.78 is 22.0. The summed E-state index contributed by atoms with van der Waals surface area (Å²) in [6, 6.07) is 12.3. The molecular formula is C24H26N2O6. The molecule has 1 aliphatic rings. The summed E-state index contributed by atoms with van der Waals surface area (Å²) >= 11 is 0. The van der Waals surface area contributed by atoms with Gasteiger partial charge in [-0.05, 0) is 55.8 Å². The van der Waals surface area contributed by atoms with Crippen LogP contribution in [0.25, 0.3) is 6.08 Å². The monoisotopic (exact) mass is 438 g/mol. The van der Waals surface area contributed by atoms with Crippen molar-refractivity contribution in [2.45, 2.75) is 20.0 Å². The third-order valence-corrected chi connectivity index (χ3v) is 4.60. The number of carbonyl (C=O) groups is 2. The van der Waals surface area contributed by atoms with E-state index in [1.54, 1.807) is 76.7 Å². The van der Waals surface area contributed by atoms with Gasteiger partial charge in [-0.3, -0.25) is 4.79 Å². The number of aliphatic imine (C=N–C) groups is 1. The second-order valence-corrected chi connectivity index (χ2v) is 7.20. The number of hydrogen-bond donors (Lipinski definition) is 0. The van der Waals surface area contributed by atoms with Gasteiger partial charge in [0.05, 0.1) is 13.7 Å². The molecule has 0 bridgehead atoms. The molecule has 0 saturated carbocycles. The Balaban J connectivity index is 1.87. The van der Waals surface area contributed by atoms with Crippen molar-refractivity contribution in [3.8, 4) is 17.2 Å². The van der Waals surface area contributed by atoms with Gasteiger partial charge in [-0.25, -0.2) is 9.79 Å². The highest BCUT2D eigenvalue weighted by molar-refractivity contribution is 6.13. The predicted molar refractivity (Wildman–Crippen MR) is 120 cm³/mol. The van der Waals surface area contributed by atoms with Crippen molar-refractivity contribution in [1.82, 2.24) is 4.90 Å². The van der Waals surface area contributed by atoms with Gasteiger partial charge in [0.1, 0.15) is 5.75 Å². The summed E-state index contributed by atoms with van der Waals surface area (Å²) in [4.78, 5) is 30.3. The molecule has 0 saturated heterocycles. The van der Waals surface area contributed by atoms with Gasteiger partial charge in [-0.1, -0.05) is 12.1 Å². The fraction of sp³-hybridized carbons (Fsp3) is 0.292. The van der Waals surface area contributed by atoms with Crippen LogP contribution in [-0.4, -0.2) is 56.6 Å². The number of ether oxygens (including phenoxy) is 4. The number of nitrogens with zero attached hydrogens (tertiary/aromatic N) is 2. The van der Waals surface area contributed by atoms with Crippen LogP contribution >= 0.6 is 0 Å². The first-order valence-electron chi connectivity index (χ1n) is 10.1. The molecule has 0 aliphatic carbocycles. The van der Waals surface area contributed by atoms with Gasteiger partial charge in [0.15, 0.2) is 23.3 Å². The molecule has 1 heterocycles. The molecule has 32 heavy (non-hydrogen) atoms. The van der Waals surface area contributed by atoms with Crippen LogP contribution in [0.15, 0.2) is 53.2 Å². The van der Waals surface area contributed by atoms with Crippen LogP contribution < -0.4 is 14.2 Å². The molecule has 2 aromatic rings. The van der Waals surface area contributed by atoms with E-state index >= 15 is 0 Å². The first kappa shape index (κ1) is 22.9. The summed E-state index contributed by atoms with van der Waals surface area (Å²) in [6.45, 7) is 3.94. The maximum absolute atomic E-state index is 12.3. The lowest BCUT2D eigenvalue weighted by molar-refractivity contribution is -0.135. The summed E-state index contributed by atoms with van der Waals surface area (Å²) in [6.07, 6.45) is 0.934. The summed E-state index contributed by atoms with van der Waals surface area (Å²) in [5.41, 5.74) is 1.48. The van der Waals surface area contributed by atoms with Crippen molar-refractivity contribution < 1.29 is 28.5 Å². The summed E-state index contributed by atoms with van der Waals surface area (Å²) in [7, 11) is 4.90. The van der Waals surface area contributed by atoms with Crippen LogP contribution in [0.4, 0.5) is 0 Å². The van der Waals surface area contributed by atoms with Crippen LogP contribution in [0.3, 0.4) is 0 Å². The zero-order chi connectivity index (χ0) is 23.3. The molecule has 0 radical (unpaired) electrons. The molecule has 0 aromatic heterocycles. The van der Waals surface area contributed by atoms with Gasteiger partial charge in [-0.15, -0.1) is 0 Å². The molecule has 168 valence electrons. The number of methoxy groups -OCH3 is 1. The minimum atomic E-state index is -0.673. The highest BCUT2D eigenvalue weighted by Crippen LogP contribution is 2.31. The van der Waals surface area contributed by atoms with Crippen LogP contribution in [0.2, 0.25) is 0 Å². The van der Waals surface area contributed by atoms with Crippen molar-refractivity contribution in [3.05, 3.63) is 59.3 Å². The molecule has 1 amide bonds. The van der Waals surface area contributed by atoms with Gasteiger partial charge >= 0.3 is 5.97 Å². The second kappa shape index (κ2) is 10.00. The third kappa shape index (κ3) is 5.26. The van der Waals surface area contributed by atoms with Crippen molar-refractivity contribution in [2.75, 3.05) is 27.8 Å². The topological polar surface area (TPSA) is 86.7 Å². The predicted octanol–water partition coefficient (Wildman–Crippen LogP) is 3.29. The second-order valence-electron chi connectivity index (χ2n) is 7.20. The maximum atomic E-state index is 12.3. The normalized spacial score (nSPS) is 15.1. The number of esters is 1. The van der Waals surface area contributed by atoms with Crippen LogP contribution in [0, 0.1) is 0 Å². The minimum Gasteiger partial charge on any atom is -0.497 e. The molecule has 0 unspecified atom stereocenters.